The molecular formula is C45H51N9O12S. The smallest absolute Gasteiger partial charge is 0.328 e. The average Bonchev–Trinajstić information content (AvgIpc) is 3.84. The molecule has 3 N–H and O–H groups in total. The number of carbonyl (C=O) groups is 6. The van der Waals surface area contributed by atoms with Gasteiger partial charge in [-0.25, -0.2) is 22.5 Å². The van der Waals surface area contributed by atoms with E-state index in [-0.39, 0.29) is 71.8 Å². The van der Waals surface area contributed by atoms with Gasteiger partial charge >= 0.3 is 5.69 Å². The van der Waals surface area contributed by atoms with Gasteiger partial charge in [-0.1, -0.05) is 37.8 Å². The van der Waals surface area contributed by atoms with Gasteiger partial charge in [0, 0.05) is 59.0 Å². The van der Waals surface area contributed by atoms with Crippen molar-refractivity contribution in [3.8, 4) is 23.0 Å². The summed E-state index contributed by atoms with van der Waals surface area (Å²) < 4.78 is 48.7. The molecule has 0 spiro atoms. The van der Waals surface area contributed by atoms with Gasteiger partial charge in [0.2, 0.25) is 22.7 Å². The Morgan fingerprint density at radius 1 is 0.791 bits per heavy atom. The molecule has 22 heteroatoms. The molecule has 1 fully saturated rings. The van der Waals surface area contributed by atoms with Gasteiger partial charge < -0.3 is 29.4 Å². The molecule has 1 unspecified atom stereocenters. The maximum Gasteiger partial charge on any atom is 0.328 e. The van der Waals surface area contributed by atoms with E-state index in [1.54, 1.807) is 75.2 Å². The van der Waals surface area contributed by atoms with Crippen molar-refractivity contribution >= 4 is 68.9 Å². The molecule has 1 atom stereocenters. The zero-order valence-corrected chi connectivity index (χ0v) is 38.3. The molecule has 2 aromatic heterocycles. The van der Waals surface area contributed by atoms with Crippen LogP contribution in [0.5, 0.6) is 23.0 Å². The Hall–Kier alpha value is -7.49. The highest BCUT2D eigenvalue weighted by molar-refractivity contribution is 7.74. The number of aromatic nitrogens is 4. The van der Waals surface area contributed by atoms with Crippen molar-refractivity contribution in [2.24, 2.45) is 21.1 Å². The second-order valence-electron chi connectivity index (χ2n) is 16.1. The first-order valence-corrected chi connectivity index (χ1v) is 22.8. The van der Waals surface area contributed by atoms with Crippen molar-refractivity contribution < 1.29 is 51.4 Å². The van der Waals surface area contributed by atoms with Crippen LogP contribution < -0.4 is 40.2 Å². The number of piperidine rings is 1. The molecule has 1 saturated heterocycles. The number of aryl methyl sites for hydroxylation is 4. The van der Waals surface area contributed by atoms with E-state index in [1.165, 1.54) is 27.3 Å². The monoisotopic (exact) mass is 941 g/mol. The highest BCUT2D eigenvalue weighted by Gasteiger charge is 2.46. The summed E-state index contributed by atoms with van der Waals surface area (Å²) in [6.45, 7) is 1.99. The van der Waals surface area contributed by atoms with E-state index in [1.807, 2.05) is 0 Å². The summed E-state index contributed by atoms with van der Waals surface area (Å²) in [6.07, 6.45) is 6.70. The topological polar surface area (TPSA) is 252 Å². The van der Waals surface area contributed by atoms with Crippen LogP contribution in [-0.2, 0) is 51.2 Å². The number of ether oxygens (including phenoxy) is 3. The third-order valence-corrected chi connectivity index (χ3v) is 12.2. The molecule has 4 heterocycles. The Balaban J connectivity index is 0.799. The summed E-state index contributed by atoms with van der Waals surface area (Å²) in [6, 6.07) is 13.0. The fourth-order valence-electron chi connectivity index (χ4n) is 7.87. The van der Waals surface area contributed by atoms with E-state index in [0.717, 1.165) is 47.7 Å². The maximum absolute atomic E-state index is 13.2. The van der Waals surface area contributed by atoms with Crippen LogP contribution in [0, 0.1) is 6.92 Å². The fraction of sp³-hybridized carbons (Fsp3) is 0.378. The number of benzene rings is 3. The van der Waals surface area contributed by atoms with Gasteiger partial charge in [0.25, 0.3) is 23.6 Å². The lowest BCUT2D eigenvalue weighted by atomic mass is 10.0. The molecule has 2 aliphatic heterocycles. The van der Waals surface area contributed by atoms with E-state index in [0.29, 0.717) is 41.4 Å². The minimum atomic E-state index is -3.25. The second-order valence-corrected chi connectivity index (χ2v) is 17.0. The number of hydrogen-bond acceptors (Lipinski definition) is 13. The quantitative estimate of drug-likeness (QED) is 0.0470. The van der Waals surface area contributed by atoms with Crippen molar-refractivity contribution in [3.63, 3.8) is 0 Å². The zero-order valence-electron chi connectivity index (χ0n) is 37.4. The number of amides is 6. The van der Waals surface area contributed by atoms with Gasteiger partial charge in [0.1, 0.15) is 34.8 Å². The number of imide groups is 2. The first-order valence-electron chi connectivity index (χ1n) is 21.7. The second kappa shape index (κ2) is 20.8. The van der Waals surface area contributed by atoms with Gasteiger partial charge in [-0.3, -0.25) is 48.1 Å². The predicted octanol–water partition coefficient (Wildman–Crippen LogP) is 2.81. The minimum Gasteiger partial charge on any atom is -0.484 e. The number of hydrogen-bond donors (Lipinski definition) is 4. The molecule has 3 aromatic carbocycles. The van der Waals surface area contributed by atoms with Gasteiger partial charge in [-0.05, 0) is 56.5 Å². The summed E-state index contributed by atoms with van der Waals surface area (Å²) in [5.74, 6) is -1.72. The van der Waals surface area contributed by atoms with Crippen LogP contribution in [0.15, 0.2) is 65.6 Å². The van der Waals surface area contributed by atoms with Crippen LogP contribution in [0.25, 0.3) is 11.0 Å². The van der Waals surface area contributed by atoms with Gasteiger partial charge in [-0.15, -0.1) is 0 Å². The highest BCUT2D eigenvalue weighted by Crippen LogP contribution is 2.40. The number of carbonyl (C=O) groups excluding carboxylic acids is 6. The molecule has 5 aromatic rings. The number of anilines is 2. The summed E-state index contributed by atoms with van der Waals surface area (Å²) in [5, 5.41) is 7.80. The lowest BCUT2D eigenvalue weighted by molar-refractivity contribution is -0.136. The third kappa shape index (κ3) is 10.6. The SMILES string of the molecule is Cc1nc(N(c2cc3c(cc2Oc2cccc(OCC(=O)NCCCCCCCCNC(=O)COc4cccc5c4C(=O)N(C4CCC(=O)NC4=O)C5=O)c2)n(C)c(=O)n3C)[SH](=O)=O)cn1C. The molecule has 21 nitrogen and oxygen atoms in total. The number of rotatable bonds is 21. The number of unbranched alkanes of at least 4 members (excludes halogenated alkanes) is 5. The molecule has 2 aliphatic rings. The van der Waals surface area contributed by atoms with E-state index >= 15 is 0 Å². The maximum atomic E-state index is 13.2. The molecule has 0 saturated carbocycles. The average molecular weight is 942 g/mol. The van der Waals surface area contributed by atoms with Crippen molar-refractivity contribution in [2.75, 3.05) is 30.6 Å². The summed E-state index contributed by atoms with van der Waals surface area (Å²) in [4.78, 5) is 93.4. The minimum absolute atomic E-state index is 0.00107. The summed E-state index contributed by atoms with van der Waals surface area (Å²) in [7, 11) is 1.70. The van der Waals surface area contributed by atoms with Crippen LogP contribution in [-0.4, -0.2) is 99.8 Å². The first-order chi connectivity index (χ1) is 32.1. The molecule has 6 amide bonds. The number of nitrogens with one attached hydrogen (secondary N) is 3. The van der Waals surface area contributed by atoms with Crippen molar-refractivity contribution in [3.05, 3.63) is 88.2 Å². The Morgan fingerprint density at radius 2 is 1.42 bits per heavy atom. The Labute approximate surface area is 386 Å². The summed E-state index contributed by atoms with van der Waals surface area (Å²) in [5.41, 5.74) is 0.864. The predicted molar refractivity (Wildman–Crippen MR) is 243 cm³/mol. The first kappa shape index (κ1) is 47.5. The molecule has 0 radical (unpaired) electrons. The van der Waals surface area contributed by atoms with Crippen LogP contribution >= 0.6 is 0 Å². The number of thiol groups is 1. The van der Waals surface area contributed by atoms with E-state index in [4.69, 9.17) is 14.2 Å². The van der Waals surface area contributed by atoms with Gasteiger partial charge in [0.15, 0.2) is 24.8 Å². The van der Waals surface area contributed by atoms with Crippen molar-refractivity contribution in [1.29, 1.82) is 0 Å². The van der Waals surface area contributed by atoms with Crippen LogP contribution in [0.3, 0.4) is 0 Å². The van der Waals surface area contributed by atoms with Crippen molar-refractivity contribution in [2.45, 2.75) is 64.3 Å². The lowest BCUT2D eigenvalue weighted by Crippen LogP contribution is -2.54. The molecule has 354 valence electrons. The Morgan fingerprint density at radius 3 is 2.06 bits per heavy atom. The zero-order chi connectivity index (χ0) is 47.9. The number of nitrogens with zero attached hydrogens (tertiary/aromatic N) is 6. The molecule has 0 bridgehead atoms. The van der Waals surface area contributed by atoms with Gasteiger partial charge in [-0.2, -0.15) is 0 Å². The molecule has 0 aliphatic carbocycles. The third-order valence-electron chi connectivity index (χ3n) is 11.5. The molecule has 7 rings (SSSR count). The lowest BCUT2D eigenvalue weighted by Gasteiger charge is -2.27. The van der Waals surface area contributed by atoms with E-state index in [2.05, 4.69) is 20.9 Å². The Bertz CT molecular complexity index is 2870. The van der Waals surface area contributed by atoms with Crippen LogP contribution in [0.4, 0.5) is 11.5 Å². The van der Waals surface area contributed by atoms with Crippen LogP contribution in [0.2, 0.25) is 0 Å². The number of imidazole rings is 2. The molecular weight excluding hydrogens is 891 g/mol. The standard InChI is InChI=1S/C45H51N9O12S/c1-27-48-37(24-50(27)2)54(67(62)63)34-22-32-33(52(4)45(61)51(32)3)23-36(34)66-29-14-11-13-28(21-29)64-25-39(56)46-19-9-7-5-6-8-10-20-47-40(57)26-65-35-16-12-15-30-41(35)44(60)53(43(30)59)31-17-18-38(55)49-42(31)58/h11-16,21-24,31,67H,5-10,17-20,25-26H2,1-4H3,(H,46,56)(H,47,57)(H,49,55,58). The number of fused-ring (bicyclic) bond motifs is 2. The highest BCUT2D eigenvalue weighted by atomic mass is 32.2. The fourth-order valence-corrected chi connectivity index (χ4v) is 8.46. The van der Waals surface area contributed by atoms with Gasteiger partial charge in [0.05, 0.1) is 22.2 Å². The largest absolute Gasteiger partial charge is 0.484 e. The van der Waals surface area contributed by atoms with E-state index < -0.39 is 46.5 Å². The van der Waals surface area contributed by atoms with E-state index in [9.17, 15) is 42.0 Å². The Kier molecular flexibility index (Phi) is 14.7. The van der Waals surface area contributed by atoms with Crippen LogP contribution in [0.1, 0.15) is 77.9 Å². The summed E-state index contributed by atoms with van der Waals surface area (Å²) >= 11 is 0. The normalized spacial score (nSPS) is 14.6. The van der Waals surface area contributed by atoms with Crippen molar-refractivity contribution in [1.82, 2.24) is 39.5 Å². The molecule has 67 heavy (non-hydrogen) atoms.